The summed E-state index contributed by atoms with van der Waals surface area (Å²) in [4.78, 5) is 14.3. The molecule has 0 aromatic rings. The van der Waals surface area contributed by atoms with Crippen molar-refractivity contribution < 1.29 is 14.6 Å². The van der Waals surface area contributed by atoms with Gasteiger partial charge < -0.3 is 14.7 Å². The van der Waals surface area contributed by atoms with Gasteiger partial charge in [-0.15, -0.1) is 0 Å². The Morgan fingerprint density at radius 1 is 1.33 bits per heavy atom. The highest BCUT2D eigenvalue weighted by Gasteiger charge is 2.37. The predicted octanol–water partition coefficient (Wildman–Crippen LogP) is 1.56. The van der Waals surface area contributed by atoms with Crippen molar-refractivity contribution in [1.82, 2.24) is 4.90 Å². The van der Waals surface area contributed by atoms with Crippen molar-refractivity contribution in [2.45, 2.75) is 57.6 Å². The Labute approximate surface area is 109 Å². The zero-order valence-corrected chi connectivity index (χ0v) is 11.5. The second kappa shape index (κ2) is 5.57. The van der Waals surface area contributed by atoms with Crippen LogP contribution in [-0.4, -0.2) is 47.3 Å². The molecule has 2 aliphatic heterocycles. The maximum atomic E-state index is 12.4. The van der Waals surface area contributed by atoms with Crippen LogP contribution in [0.3, 0.4) is 0 Å². The first-order chi connectivity index (χ1) is 8.49. The number of nitrogens with zero attached hydrogens (tertiary/aromatic N) is 1. The van der Waals surface area contributed by atoms with Gasteiger partial charge in [0.1, 0.15) is 0 Å². The van der Waals surface area contributed by atoms with Crippen LogP contribution in [0.15, 0.2) is 0 Å². The maximum absolute atomic E-state index is 12.4. The summed E-state index contributed by atoms with van der Waals surface area (Å²) in [5.41, 5.74) is -0.110. The van der Waals surface area contributed by atoms with Crippen LogP contribution in [0, 0.1) is 5.92 Å². The predicted molar refractivity (Wildman–Crippen MR) is 69.2 cm³/mol. The zero-order chi connectivity index (χ0) is 13.2. The van der Waals surface area contributed by atoms with Crippen LogP contribution >= 0.6 is 0 Å². The average molecular weight is 255 g/mol. The molecule has 0 aliphatic carbocycles. The number of carbonyl (C=O) groups excluding carboxylic acids is 1. The first-order valence-electron chi connectivity index (χ1n) is 7.05. The van der Waals surface area contributed by atoms with Crippen molar-refractivity contribution in [3.05, 3.63) is 0 Å². The van der Waals surface area contributed by atoms with E-state index in [1.165, 1.54) is 0 Å². The van der Waals surface area contributed by atoms with Crippen LogP contribution < -0.4 is 0 Å². The number of likely N-dealkylation sites (tertiary alicyclic amines) is 1. The van der Waals surface area contributed by atoms with Gasteiger partial charge in [0, 0.05) is 31.7 Å². The van der Waals surface area contributed by atoms with Gasteiger partial charge in [-0.1, -0.05) is 0 Å². The van der Waals surface area contributed by atoms with Gasteiger partial charge in [0.2, 0.25) is 5.91 Å². The normalized spacial score (nSPS) is 29.3. The molecule has 104 valence electrons. The molecule has 1 unspecified atom stereocenters. The topological polar surface area (TPSA) is 49.8 Å². The first-order valence-corrected chi connectivity index (χ1v) is 7.05. The molecule has 4 nitrogen and oxygen atoms in total. The summed E-state index contributed by atoms with van der Waals surface area (Å²) >= 11 is 0. The summed E-state index contributed by atoms with van der Waals surface area (Å²) in [5.74, 6) is 0.659. The Morgan fingerprint density at radius 3 is 2.67 bits per heavy atom. The number of hydrogen-bond acceptors (Lipinski definition) is 3. The SMILES string of the molecule is CC1(C)CCC(O)CN1C(=O)CC1CCOCC1. The van der Waals surface area contributed by atoms with E-state index in [4.69, 9.17) is 4.74 Å². The molecular weight excluding hydrogens is 230 g/mol. The third-order valence-electron chi connectivity index (χ3n) is 4.32. The lowest BCUT2D eigenvalue weighted by Gasteiger charge is -2.45. The zero-order valence-electron chi connectivity index (χ0n) is 11.5. The van der Waals surface area contributed by atoms with E-state index in [0.29, 0.717) is 18.9 Å². The lowest BCUT2D eigenvalue weighted by atomic mass is 9.87. The molecule has 2 heterocycles. The summed E-state index contributed by atoms with van der Waals surface area (Å²) in [6.07, 6.45) is 3.92. The van der Waals surface area contributed by atoms with Crippen LogP contribution in [0.2, 0.25) is 0 Å². The Morgan fingerprint density at radius 2 is 2.00 bits per heavy atom. The number of amides is 1. The minimum Gasteiger partial charge on any atom is -0.391 e. The number of rotatable bonds is 2. The van der Waals surface area contributed by atoms with E-state index in [0.717, 1.165) is 38.9 Å². The number of β-amino-alcohol motifs (C(OH)–C–C–N with tert-alkyl or cyclic N) is 1. The Kier molecular flexibility index (Phi) is 4.28. The molecule has 0 spiro atoms. The fraction of sp³-hybridized carbons (Fsp3) is 0.929. The fourth-order valence-electron chi connectivity index (χ4n) is 2.95. The smallest absolute Gasteiger partial charge is 0.223 e. The molecule has 2 rings (SSSR count). The highest BCUT2D eigenvalue weighted by Crippen LogP contribution is 2.30. The molecular formula is C14H25NO3. The summed E-state index contributed by atoms with van der Waals surface area (Å²) in [7, 11) is 0. The molecule has 0 aromatic heterocycles. The molecule has 2 saturated heterocycles. The summed E-state index contributed by atoms with van der Waals surface area (Å²) in [6, 6.07) is 0. The van der Waals surface area contributed by atoms with Gasteiger partial charge in [0.25, 0.3) is 0 Å². The number of aliphatic hydroxyl groups excluding tert-OH is 1. The third-order valence-corrected chi connectivity index (χ3v) is 4.32. The van der Waals surface area contributed by atoms with E-state index in [1.807, 2.05) is 4.90 Å². The van der Waals surface area contributed by atoms with Crippen molar-refractivity contribution in [2.75, 3.05) is 19.8 Å². The van der Waals surface area contributed by atoms with Crippen molar-refractivity contribution in [3.63, 3.8) is 0 Å². The Balaban J connectivity index is 1.93. The summed E-state index contributed by atoms with van der Waals surface area (Å²) < 4.78 is 5.32. The number of aliphatic hydroxyl groups is 1. The maximum Gasteiger partial charge on any atom is 0.223 e. The second-order valence-corrected chi connectivity index (χ2v) is 6.27. The molecule has 0 saturated carbocycles. The number of carbonyl (C=O) groups is 1. The van der Waals surface area contributed by atoms with E-state index >= 15 is 0 Å². The van der Waals surface area contributed by atoms with Crippen LogP contribution in [0.1, 0.15) is 46.0 Å². The summed E-state index contributed by atoms with van der Waals surface area (Å²) in [5, 5.41) is 9.75. The molecule has 0 radical (unpaired) electrons. The highest BCUT2D eigenvalue weighted by atomic mass is 16.5. The molecule has 1 amide bonds. The number of ether oxygens (including phenoxy) is 1. The molecule has 0 aromatic carbocycles. The number of piperidine rings is 1. The van der Waals surface area contributed by atoms with E-state index in [9.17, 15) is 9.90 Å². The second-order valence-electron chi connectivity index (χ2n) is 6.27. The van der Waals surface area contributed by atoms with Gasteiger partial charge in [-0.25, -0.2) is 0 Å². The molecule has 1 N–H and O–H groups in total. The van der Waals surface area contributed by atoms with E-state index in [-0.39, 0.29) is 17.6 Å². The molecule has 18 heavy (non-hydrogen) atoms. The minimum absolute atomic E-state index is 0.110. The van der Waals surface area contributed by atoms with E-state index in [2.05, 4.69) is 13.8 Å². The Hall–Kier alpha value is -0.610. The van der Waals surface area contributed by atoms with Gasteiger partial charge >= 0.3 is 0 Å². The molecule has 4 heteroatoms. The molecule has 2 aliphatic rings. The molecule has 2 fully saturated rings. The highest BCUT2D eigenvalue weighted by molar-refractivity contribution is 5.77. The first kappa shape index (κ1) is 13.8. The van der Waals surface area contributed by atoms with Crippen molar-refractivity contribution >= 4 is 5.91 Å². The van der Waals surface area contributed by atoms with Gasteiger partial charge in [-0.05, 0) is 45.4 Å². The monoisotopic (exact) mass is 255 g/mol. The quantitative estimate of drug-likeness (QED) is 0.814. The van der Waals surface area contributed by atoms with E-state index < -0.39 is 0 Å². The van der Waals surface area contributed by atoms with Crippen LogP contribution in [-0.2, 0) is 9.53 Å². The minimum atomic E-state index is -0.350. The van der Waals surface area contributed by atoms with Gasteiger partial charge in [0.15, 0.2) is 0 Å². The number of hydrogen-bond donors (Lipinski definition) is 1. The fourth-order valence-corrected chi connectivity index (χ4v) is 2.95. The van der Waals surface area contributed by atoms with Crippen molar-refractivity contribution in [1.29, 1.82) is 0 Å². The van der Waals surface area contributed by atoms with Crippen molar-refractivity contribution in [2.24, 2.45) is 5.92 Å². The molecule has 0 bridgehead atoms. The van der Waals surface area contributed by atoms with E-state index in [1.54, 1.807) is 0 Å². The van der Waals surface area contributed by atoms with Gasteiger partial charge in [-0.3, -0.25) is 4.79 Å². The van der Waals surface area contributed by atoms with Gasteiger partial charge in [0.05, 0.1) is 6.10 Å². The van der Waals surface area contributed by atoms with Crippen molar-refractivity contribution in [3.8, 4) is 0 Å². The van der Waals surface area contributed by atoms with Crippen LogP contribution in [0.25, 0.3) is 0 Å². The molecule has 1 atom stereocenters. The van der Waals surface area contributed by atoms with Crippen LogP contribution in [0.5, 0.6) is 0 Å². The summed E-state index contributed by atoms with van der Waals surface area (Å²) in [6.45, 7) is 6.25. The lowest BCUT2D eigenvalue weighted by molar-refractivity contribution is -0.143. The standard InChI is InChI=1S/C14H25NO3/c1-14(2)6-3-12(16)10-15(14)13(17)9-11-4-7-18-8-5-11/h11-12,16H,3-10H2,1-2H3. The van der Waals surface area contributed by atoms with Gasteiger partial charge in [-0.2, -0.15) is 0 Å². The third kappa shape index (κ3) is 3.23. The van der Waals surface area contributed by atoms with Crippen LogP contribution in [0.4, 0.5) is 0 Å². The largest absolute Gasteiger partial charge is 0.391 e. The lowest BCUT2D eigenvalue weighted by Crippen LogP contribution is -2.55. The Bertz CT molecular complexity index is 297. The average Bonchev–Trinajstić information content (AvgIpc) is 2.33.